The summed E-state index contributed by atoms with van der Waals surface area (Å²) in [4.78, 5) is 39.4. The van der Waals surface area contributed by atoms with Gasteiger partial charge in [0.25, 0.3) is 11.8 Å². The minimum atomic E-state index is -0.806. The van der Waals surface area contributed by atoms with Crippen LogP contribution in [0.5, 0.6) is 11.5 Å². The van der Waals surface area contributed by atoms with Crippen molar-refractivity contribution in [1.82, 2.24) is 5.32 Å². The number of imide groups is 2. The van der Waals surface area contributed by atoms with Crippen LogP contribution in [-0.2, 0) is 16.2 Å². The second-order valence-electron chi connectivity index (χ2n) is 8.20. The van der Waals surface area contributed by atoms with Gasteiger partial charge < -0.3 is 9.47 Å². The molecule has 0 unspecified atom stereocenters. The average Bonchev–Trinajstić information content (AvgIpc) is 2.84. The second-order valence-corrected chi connectivity index (χ2v) is 9.05. The summed E-state index contributed by atoms with van der Waals surface area (Å²) in [6, 6.07) is 13.8. The molecule has 0 radical (unpaired) electrons. The van der Waals surface area contributed by atoms with E-state index < -0.39 is 17.8 Å². The number of carbonyl (C=O) groups excluding carboxylic acids is 3. The van der Waals surface area contributed by atoms with Crippen molar-refractivity contribution in [2.45, 2.75) is 20.5 Å². The van der Waals surface area contributed by atoms with Gasteiger partial charge in [-0.3, -0.25) is 14.9 Å². The molecule has 184 valence electrons. The molecule has 0 aromatic heterocycles. The summed E-state index contributed by atoms with van der Waals surface area (Å²) in [5.74, 6) is -1.11. The summed E-state index contributed by atoms with van der Waals surface area (Å²) in [5.41, 5.74) is 3.01. The minimum Gasteiger partial charge on any atom is -0.493 e. The van der Waals surface area contributed by atoms with Crippen molar-refractivity contribution < 1.29 is 28.2 Å². The lowest BCUT2D eigenvalue weighted by atomic mass is 10.0. The molecule has 1 aliphatic rings. The number of urea groups is 1. The van der Waals surface area contributed by atoms with Crippen LogP contribution < -0.4 is 19.7 Å². The van der Waals surface area contributed by atoms with E-state index in [9.17, 15) is 18.8 Å². The van der Waals surface area contributed by atoms with Crippen molar-refractivity contribution in [3.63, 3.8) is 0 Å². The van der Waals surface area contributed by atoms with Crippen LogP contribution in [-0.4, -0.2) is 25.0 Å². The van der Waals surface area contributed by atoms with Gasteiger partial charge in [0, 0.05) is 0 Å². The van der Waals surface area contributed by atoms with Crippen LogP contribution in [0.1, 0.15) is 22.3 Å². The van der Waals surface area contributed by atoms with Gasteiger partial charge in [-0.25, -0.2) is 14.1 Å². The van der Waals surface area contributed by atoms with E-state index in [4.69, 9.17) is 9.47 Å². The van der Waals surface area contributed by atoms with E-state index in [0.29, 0.717) is 32.8 Å². The summed E-state index contributed by atoms with van der Waals surface area (Å²) in [6.45, 7) is 3.80. The van der Waals surface area contributed by atoms with Crippen LogP contribution >= 0.6 is 15.9 Å². The highest BCUT2D eigenvalue weighted by atomic mass is 79.9. The van der Waals surface area contributed by atoms with E-state index >= 15 is 0 Å². The van der Waals surface area contributed by atoms with Crippen molar-refractivity contribution in [3.8, 4) is 11.5 Å². The number of nitrogens with one attached hydrogen (secondary N) is 1. The molecule has 1 heterocycles. The maximum absolute atomic E-state index is 13.3. The van der Waals surface area contributed by atoms with E-state index in [1.165, 1.54) is 25.3 Å². The number of halogens is 2. The fourth-order valence-electron chi connectivity index (χ4n) is 3.70. The Morgan fingerprint density at radius 3 is 2.44 bits per heavy atom. The fourth-order valence-corrected chi connectivity index (χ4v) is 4.28. The van der Waals surface area contributed by atoms with Gasteiger partial charge in [-0.15, -0.1) is 0 Å². The van der Waals surface area contributed by atoms with E-state index in [1.807, 2.05) is 13.0 Å². The summed E-state index contributed by atoms with van der Waals surface area (Å²) in [7, 11) is 1.46. The van der Waals surface area contributed by atoms with E-state index in [0.717, 1.165) is 16.0 Å². The van der Waals surface area contributed by atoms with Crippen LogP contribution in [0.25, 0.3) is 6.08 Å². The lowest BCUT2D eigenvalue weighted by Gasteiger charge is -2.27. The normalized spacial score (nSPS) is 14.8. The Bertz CT molecular complexity index is 1400. The molecule has 0 spiro atoms. The SMILES string of the molecule is COc1cc(/C=C2\C(=O)NC(=O)N(c3cc(C)ccc3C)C2=O)cc(Br)c1OCc1ccc(F)cc1. The zero-order chi connectivity index (χ0) is 26.0. The molecule has 7 nitrogen and oxygen atoms in total. The molecule has 0 atom stereocenters. The van der Waals surface area contributed by atoms with Gasteiger partial charge in [0.15, 0.2) is 11.5 Å². The maximum atomic E-state index is 13.3. The first-order chi connectivity index (χ1) is 17.2. The number of hydrogen-bond donors (Lipinski definition) is 1. The Hall–Kier alpha value is -3.98. The van der Waals surface area contributed by atoms with Crippen molar-refractivity contribution >= 4 is 45.5 Å². The topological polar surface area (TPSA) is 84.9 Å². The highest BCUT2D eigenvalue weighted by molar-refractivity contribution is 9.10. The summed E-state index contributed by atoms with van der Waals surface area (Å²) in [6.07, 6.45) is 1.39. The van der Waals surface area contributed by atoms with E-state index in [2.05, 4.69) is 21.2 Å². The van der Waals surface area contributed by atoms with Crippen LogP contribution in [0.3, 0.4) is 0 Å². The Labute approximate surface area is 215 Å². The average molecular weight is 553 g/mol. The van der Waals surface area contributed by atoms with Gasteiger partial charge in [-0.1, -0.05) is 24.3 Å². The van der Waals surface area contributed by atoms with Gasteiger partial charge in [0.1, 0.15) is 18.0 Å². The minimum absolute atomic E-state index is 0.170. The third-order valence-corrected chi connectivity index (χ3v) is 6.16. The molecule has 4 amide bonds. The molecule has 36 heavy (non-hydrogen) atoms. The van der Waals surface area contributed by atoms with E-state index in [-0.39, 0.29) is 18.0 Å². The number of methoxy groups -OCH3 is 1. The molecule has 3 aromatic carbocycles. The quantitative estimate of drug-likeness (QED) is 0.324. The van der Waals surface area contributed by atoms with Crippen LogP contribution in [0.4, 0.5) is 14.9 Å². The third-order valence-electron chi connectivity index (χ3n) is 5.57. The van der Waals surface area contributed by atoms with Crippen LogP contribution in [0.15, 0.2) is 64.6 Å². The number of rotatable bonds is 6. The van der Waals surface area contributed by atoms with Gasteiger partial charge in [-0.05, 0) is 88.4 Å². The molecule has 1 fully saturated rings. The van der Waals surface area contributed by atoms with Crippen molar-refractivity contribution in [2.75, 3.05) is 12.0 Å². The third kappa shape index (κ3) is 5.16. The Balaban J connectivity index is 1.66. The first kappa shape index (κ1) is 25.1. The van der Waals surface area contributed by atoms with Gasteiger partial charge >= 0.3 is 6.03 Å². The monoisotopic (exact) mass is 552 g/mol. The van der Waals surface area contributed by atoms with Crippen molar-refractivity contribution in [1.29, 1.82) is 0 Å². The number of ether oxygens (including phenoxy) is 2. The number of amides is 4. The Morgan fingerprint density at radius 2 is 1.75 bits per heavy atom. The largest absolute Gasteiger partial charge is 0.493 e. The predicted octanol–water partition coefficient (Wildman–Crippen LogP) is 5.46. The zero-order valence-corrected chi connectivity index (χ0v) is 21.3. The first-order valence-corrected chi connectivity index (χ1v) is 11.7. The van der Waals surface area contributed by atoms with Crippen molar-refractivity contribution in [2.24, 2.45) is 0 Å². The number of aryl methyl sites for hydroxylation is 2. The van der Waals surface area contributed by atoms with Crippen molar-refractivity contribution in [3.05, 3.63) is 92.7 Å². The number of anilines is 1. The summed E-state index contributed by atoms with van der Waals surface area (Å²) < 4.78 is 25.0. The first-order valence-electron chi connectivity index (χ1n) is 10.9. The standard InChI is InChI=1S/C27H22BrFN2O5/c1-15-4-5-16(2)22(10-15)31-26(33)20(25(32)30-27(31)34)11-18-12-21(28)24(23(13-18)35-3)36-14-17-6-8-19(29)9-7-17/h4-13H,14H2,1-3H3,(H,30,32,34)/b20-11+. The highest BCUT2D eigenvalue weighted by Gasteiger charge is 2.37. The lowest BCUT2D eigenvalue weighted by molar-refractivity contribution is -0.122. The molecule has 0 bridgehead atoms. The van der Waals surface area contributed by atoms with E-state index in [1.54, 1.807) is 43.3 Å². The number of nitrogens with zero attached hydrogens (tertiary/aromatic N) is 1. The summed E-state index contributed by atoms with van der Waals surface area (Å²) in [5, 5.41) is 2.24. The fraction of sp³-hybridized carbons (Fsp3) is 0.148. The predicted molar refractivity (Wildman–Crippen MR) is 136 cm³/mol. The lowest BCUT2D eigenvalue weighted by Crippen LogP contribution is -2.54. The Kier molecular flexibility index (Phi) is 7.21. The molecule has 1 saturated heterocycles. The molecular weight excluding hydrogens is 531 g/mol. The van der Waals surface area contributed by atoms with Gasteiger partial charge in [0.2, 0.25) is 0 Å². The molecule has 1 aliphatic heterocycles. The number of hydrogen-bond acceptors (Lipinski definition) is 5. The molecule has 1 N–H and O–H groups in total. The number of benzene rings is 3. The molecule has 3 aromatic rings. The molecule has 4 rings (SSSR count). The van der Waals surface area contributed by atoms with Crippen LogP contribution in [0.2, 0.25) is 0 Å². The summed E-state index contributed by atoms with van der Waals surface area (Å²) >= 11 is 3.45. The number of barbiturate groups is 1. The van der Waals surface area contributed by atoms with Gasteiger partial charge in [0.05, 0.1) is 17.3 Å². The maximum Gasteiger partial charge on any atom is 0.335 e. The van der Waals surface area contributed by atoms with Crippen LogP contribution in [0, 0.1) is 19.7 Å². The molecule has 0 aliphatic carbocycles. The Morgan fingerprint density at radius 1 is 1.03 bits per heavy atom. The highest BCUT2D eigenvalue weighted by Crippen LogP contribution is 2.38. The smallest absolute Gasteiger partial charge is 0.335 e. The molecular formula is C27H22BrFN2O5. The molecule has 0 saturated carbocycles. The number of carbonyl (C=O) groups is 3. The van der Waals surface area contributed by atoms with Gasteiger partial charge in [-0.2, -0.15) is 0 Å². The second kappa shape index (κ2) is 10.3. The molecule has 9 heteroatoms. The zero-order valence-electron chi connectivity index (χ0n) is 19.7.